The molecule has 0 spiro atoms. The first-order valence-corrected chi connectivity index (χ1v) is 6.49. The topological polar surface area (TPSA) is 48.1 Å². The average Bonchev–Trinajstić information content (AvgIpc) is 2.86. The van der Waals surface area contributed by atoms with Crippen molar-refractivity contribution in [1.29, 1.82) is 0 Å². The van der Waals surface area contributed by atoms with E-state index < -0.39 is 0 Å². The van der Waals surface area contributed by atoms with Gasteiger partial charge in [0, 0.05) is 17.0 Å². The second-order valence-corrected chi connectivity index (χ2v) is 4.64. The zero-order chi connectivity index (χ0) is 12.1. The molecule has 0 bridgehead atoms. The van der Waals surface area contributed by atoms with Crippen molar-refractivity contribution >= 4 is 11.5 Å². The molecule has 0 saturated carbocycles. The summed E-state index contributed by atoms with van der Waals surface area (Å²) in [6.07, 6.45) is 1.02. The maximum atomic E-state index is 5.57. The number of nitrogens with two attached hydrogens (primary N) is 1. The van der Waals surface area contributed by atoms with Gasteiger partial charge in [-0.3, -0.25) is 0 Å². The lowest BCUT2D eigenvalue weighted by atomic mass is 10.1. The van der Waals surface area contributed by atoms with Gasteiger partial charge in [0.05, 0.1) is 12.3 Å². The summed E-state index contributed by atoms with van der Waals surface area (Å²) in [6.45, 7) is 3.40. The lowest BCUT2D eigenvalue weighted by Crippen LogP contribution is -1.94. The summed E-state index contributed by atoms with van der Waals surface area (Å²) in [6, 6.07) is 10.0. The van der Waals surface area contributed by atoms with E-state index in [0.29, 0.717) is 6.54 Å². The highest BCUT2D eigenvalue weighted by Crippen LogP contribution is 2.24. The van der Waals surface area contributed by atoms with Gasteiger partial charge in [-0.2, -0.15) is 4.37 Å². The van der Waals surface area contributed by atoms with Crippen LogP contribution in [-0.4, -0.2) is 11.0 Å². The first-order chi connectivity index (χ1) is 8.33. The Hall–Kier alpha value is -1.39. The molecule has 1 aromatic heterocycles. The molecule has 4 heteroatoms. The third-order valence-corrected chi connectivity index (χ3v) is 3.19. The van der Waals surface area contributed by atoms with E-state index in [0.717, 1.165) is 34.9 Å². The summed E-state index contributed by atoms with van der Waals surface area (Å²) in [4.78, 5) is 1.10. The van der Waals surface area contributed by atoms with E-state index in [-0.39, 0.29) is 0 Å². The lowest BCUT2D eigenvalue weighted by Gasteiger charge is -2.04. The van der Waals surface area contributed by atoms with Crippen LogP contribution in [0.3, 0.4) is 0 Å². The van der Waals surface area contributed by atoms with Crippen LogP contribution in [-0.2, 0) is 6.54 Å². The quantitative estimate of drug-likeness (QED) is 0.884. The molecule has 0 aliphatic rings. The Kier molecular flexibility index (Phi) is 4.12. The normalized spacial score (nSPS) is 10.5. The number of benzene rings is 1. The van der Waals surface area contributed by atoms with Crippen molar-refractivity contribution in [2.24, 2.45) is 5.73 Å². The molecule has 0 fully saturated rings. The zero-order valence-electron chi connectivity index (χ0n) is 9.85. The monoisotopic (exact) mass is 248 g/mol. The third-order valence-electron chi connectivity index (χ3n) is 2.38. The van der Waals surface area contributed by atoms with Gasteiger partial charge in [0.25, 0.3) is 0 Å². The maximum Gasteiger partial charge on any atom is 0.119 e. The van der Waals surface area contributed by atoms with Gasteiger partial charge < -0.3 is 10.5 Å². The Bertz CT molecular complexity index is 465. The molecule has 0 atom stereocenters. The molecule has 0 unspecified atom stereocenters. The summed E-state index contributed by atoms with van der Waals surface area (Å²) < 4.78 is 9.90. The van der Waals surface area contributed by atoms with Crippen molar-refractivity contribution in [3.05, 3.63) is 35.2 Å². The van der Waals surface area contributed by atoms with Gasteiger partial charge in [-0.05, 0) is 48.3 Å². The number of rotatable bonds is 5. The van der Waals surface area contributed by atoms with Crippen molar-refractivity contribution in [3.8, 4) is 17.0 Å². The Morgan fingerprint density at radius 1 is 1.29 bits per heavy atom. The number of hydrogen-bond donors (Lipinski definition) is 1. The van der Waals surface area contributed by atoms with Gasteiger partial charge in [0.1, 0.15) is 5.75 Å². The molecular formula is C13H16N2OS. The summed E-state index contributed by atoms with van der Waals surface area (Å²) in [5.74, 6) is 0.907. The van der Waals surface area contributed by atoms with E-state index in [4.69, 9.17) is 10.5 Å². The molecule has 1 heterocycles. The van der Waals surface area contributed by atoms with Crippen molar-refractivity contribution in [2.45, 2.75) is 19.9 Å². The number of hydrogen-bond acceptors (Lipinski definition) is 4. The molecule has 0 saturated heterocycles. The standard InChI is InChI=1S/C13H16N2OS/c1-2-7-16-11-5-3-10(4-6-11)13-8-12(9-14)17-15-13/h3-6,8H,2,7,9,14H2,1H3. The summed E-state index contributed by atoms with van der Waals surface area (Å²) >= 11 is 1.46. The van der Waals surface area contributed by atoms with Crippen molar-refractivity contribution in [1.82, 2.24) is 4.37 Å². The highest BCUT2D eigenvalue weighted by Gasteiger charge is 2.03. The van der Waals surface area contributed by atoms with Gasteiger partial charge in [-0.25, -0.2) is 0 Å². The minimum atomic E-state index is 0.551. The number of ether oxygens (including phenoxy) is 1. The third kappa shape index (κ3) is 3.05. The predicted molar refractivity (Wildman–Crippen MR) is 71.2 cm³/mol. The van der Waals surface area contributed by atoms with Crippen molar-refractivity contribution < 1.29 is 4.74 Å². The van der Waals surface area contributed by atoms with E-state index in [9.17, 15) is 0 Å². The van der Waals surface area contributed by atoms with Crippen LogP contribution >= 0.6 is 11.5 Å². The fourth-order valence-electron chi connectivity index (χ4n) is 1.49. The van der Waals surface area contributed by atoms with Gasteiger partial charge >= 0.3 is 0 Å². The van der Waals surface area contributed by atoms with Gasteiger partial charge in [-0.15, -0.1) is 0 Å². The van der Waals surface area contributed by atoms with Crippen molar-refractivity contribution in [2.75, 3.05) is 6.61 Å². The van der Waals surface area contributed by atoms with Crippen LogP contribution in [0.1, 0.15) is 18.2 Å². The molecule has 1 aromatic carbocycles. The van der Waals surface area contributed by atoms with Crippen LogP contribution in [0.15, 0.2) is 30.3 Å². The molecule has 0 radical (unpaired) electrons. The maximum absolute atomic E-state index is 5.57. The van der Waals surface area contributed by atoms with E-state index in [2.05, 4.69) is 11.3 Å². The van der Waals surface area contributed by atoms with Crippen LogP contribution in [0.25, 0.3) is 11.3 Å². The molecule has 0 aliphatic heterocycles. The molecule has 0 amide bonds. The molecule has 90 valence electrons. The highest BCUT2D eigenvalue weighted by molar-refractivity contribution is 7.06. The van der Waals surface area contributed by atoms with Crippen molar-refractivity contribution in [3.63, 3.8) is 0 Å². The number of nitrogens with zero attached hydrogens (tertiary/aromatic N) is 1. The fraction of sp³-hybridized carbons (Fsp3) is 0.308. The van der Waals surface area contributed by atoms with Gasteiger partial charge in [0.15, 0.2) is 0 Å². The molecule has 17 heavy (non-hydrogen) atoms. The molecule has 0 aliphatic carbocycles. The highest BCUT2D eigenvalue weighted by atomic mass is 32.1. The van der Waals surface area contributed by atoms with E-state index >= 15 is 0 Å². The summed E-state index contributed by atoms with van der Waals surface area (Å²) in [5, 5.41) is 0. The largest absolute Gasteiger partial charge is 0.494 e. The predicted octanol–water partition coefficient (Wildman–Crippen LogP) is 3.06. The van der Waals surface area contributed by atoms with E-state index in [1.54, 1.807) is 0 Å². The minimum Gasteiger partial charge on any atom is -0.494 e. The van der Waals surface area contributed by atoms with Crippen LogP contribution in [0.5, 0.6) is 5.75 Å². The smallest absolute Gasteiger partial charge is 0.119 e. The van der Waals surface area contributed by atoms with Crippen LogP contribution in [0.4, 0.5) is 0 Å². The fourth-order valence-corrected chi connectivity index (χ4v) is 2.10. The van der Waals surface area contributed by atoms with Crippen LogP contribution < -0.4 is 10.5 Å². The van der Waals surface area contributed by atoms with E-state index in [1.165, 1.54) is 11.5 Å². The van der Waals surface area contributed by atoms with Gasteiger partial charge in [0.2, 0.25) is 0 Å². The second-order valence-electron chi connectivity index (χ2n) is 3.76. The average molecular weight is 248 g/mol. The molecule has 2 aromatic rings. The molecular weight excluding hydrogens is 232 g/mol. The Morgan fingerprint density at radius 2 is 2.06 bits per heavy atom. The Morgan fingerprint density at radius 3 is 2.65 bits per heavy atom. The van der Waals surface area contributed by atoms with Gasteiger partial charge in [-0.1, -0.05) is 6.92 Å². The molecule has 2 N–H and O–H groups in total. The molecule has 2 rings (SSSR count). The van der Waals surface area contributed by atoms with E-state index in [1.807, 2.05) is 30.3 Å². The summed E-state index contributed by atoms with van der Waals surface area (Å²) in [5.41, 5.74) is 7.66. The number of aromatic nitrogens is 1. The lowest BCUT2D eigenvalue weighted by molar-refractivity contribution is 0.317. The Balaban J connectivity index is 2.11. The zero-order valence-corrected chi connectivity index (χ0v) is 10.7. The van der Waals surface area contributed by atoms with Crippen LogP contribution in [0.2, 0.25) is 0 Å². The van der Waals surface area contributed by atoms with Crippen LogP contribution in [0, 0.1) is 0 Å². The minimum absolute atomic E-state index is 0.551. The second kappa shape index (κ2) is 5.80. The first-order valence-electron chi connectivity index (χ1n) is 5.72. The summed E-state index contributed by atoms with van der Waals surface area (Å²) in [7, 11) is 0. The molecule has 3 nitrogen and oxygen atoms in total. The first kappa shape index (κ1) is 12.1. The SMILES string of the molecule is CCCOc1ccc(-c2cc(CN)sn2)cc1. The Labute approximate surface area is 105 Å².